The summed E-state index contributed by atoms with van der Waals surface area (Å²) in [6, 6.07) is 8.48. The maximum absolute atomic E-state index is 12.6. The van der Waals surface area contributed by atoms with E-state index in [0.29, 0.717) is 24.6 Å². The van der Waals surface area contributed by atoms with Gasteiger partial charge < -0.3 is 15.1 Å². The quantitative estimate of drug-likeness (QED) is 0.907. The van der Waals surface area contributed by atoms with Crippen LogP contribution in [0.5, 0.6) is 0 Å². The summed E-state index contributed by atoms with van der Waals surface area (Å²) in [6.45, 7) is 8.10. The van der Waals surface area contributed by atoms with Crippen LogP contribution in [0.2, 0.25) is 0 Å². The summed E-state index contributed by atoms with van der Waals surface area (Å²) >= 11 is 0. The number of carbonyl (C=O) groups is 1. The van der Waals surface area contributed by atoms with Gasteiger partial charge in [0.2, 0.25) is 0 Å². The third kappa shape index (κ3) is 4.26. The third-order valence-electron chi connectivity index (χ3n) is 4.36. The molecule has 1 aromatic heterocycles. The van der Waals surface area contributed by atoms with Crippen LogP contribution in [0.25, 0.3) is 0 Å². The lowest BCUT2D eigenvalue weighted by Gasteiger charge is -2.36. The molecule has 0 spiro atoms. The molecule has 2 heterocycles. The van der Waals surface area contributed by atoms with E-state index in [1.54, 1.807) is 12.4 Å². The minimum atomic E-state index is -0.0431. The standard InChI is InChI=1S/C19H25N5O/c1-3-7-20-18-14-21-17(13-22-18)19(25)24-10-8-23(9-11-24)16-6-4-5-15(2)12-16/h4-6,12-14H,3,7-11H2,1-2H3,(H,20,22). The van der Waals surface area contributed by atoms with Crippen molar-refractivity contribution in [1.82, 2.24) is 14.9 Å². The summed E-state index contributed by atoms with van der Waals surface area (Å²) < 4.78 is 0. The van der Waals surface area contributed by atoms with Crippen LogP contribution in [0.1, 0.15) is 29.4 Å². The molecule has 0 radical (unpaired) electrons. The maximum Gasteiger partial charge on any atom is 0.274 e. The molecular weight excluding hydrogens is 314 g/mol. The van der Waals surface area contributed by atoms with Gasteiger partial charge >= 0.3 is 0 Å². The molecule has 0 atom stereocenters. The predicted molar refractivity (Wildman–Crippen MR) is 100 cm³/mol. The van der Waals surface area contributed by atoms with E-state index in [0.717, 1.165) is 26.1 Å². The second kappa shape index (κ2) is 7.96. The van der Waals surface area contributed by atoms with Crippen LogP contribution in [-0.4, -0.2) is 53.5 Å². The topological polar surface area (TPSA) is 61.4 Å². The molecule has 1 N–H and O–H groups in total. The van der Waals surface area contributed by atoms with E-state index in [2.05, 4.69) is 58.3 Å². The fraction of sp³-hybridized carbons (Fsp3) is 0.421. The van der Waals surface area contributed by atoms with Gasteiger partial charge in [-0.2, -0.15) is 0 Å². The molecule has 25 heavy (non-hydrogen) atoms. The Labute approximate surface area is 148 Å². The highest BCUT2D eigenvalue weighted by molar-refractivity contribution is 5.92. The van der Waals surface area contributed by atoms with E-state index in [9.17, 15) is 4.79 Å². The summed E-state index contributed by atoms with van der Waals surface area (Å²) in [7, 11) is 0. The number of carbonyl (C=O) groups excluding carboxylic acids is 1. The Hall–Kier alpha value is -2.63. The minimum absolute atomic E-state index is 0.0431. The highest BCUT2D eigenvalue weighted by Gasteiger charge is 2.23. The Morgan fingerprint density at radius 3 is 2.60 bits per heavy atom. The maximum atomic E-state index is 12.6. The molecular formula is C19H25N5O. The predicted octanol–water partition coefficient (Wildman–Crippen LogP) is 2.57. The molecule has 0 saturated carbocycles. The number of rotatable bonds is 5. The Morgan fingerprint density at radius 2 is 1.96 bits per heavy atom. The molecule has 0 unspecified atom stereocenters. The molecule has 1 aromatic carbocycles. The number of hydrogen-bond acceptors (Lipinski definition) is 5. The number of aromatic nitrogens is 2. The van der Waals surface area contributed by atoms with Gasteiger partial charge in [0.1, 0.15) is 11.5 Å². The third-order valence-corrected chi connectivity index (χ3v) is 4.36. The lowest BCUT2D eigenvalue weighted by atomic mass is 10.2. The van der Waals surface area contributed by atoms with Crippen LogP contribution in [0.4, 0.5) is 11.5 Å². The number of amides is 1. The van der Waals surface area contributed by atoms with E-state index < -0.39 is 0 Å². The Balaban J connectivity index is 1.58. The first-order valence-corrected chi connectivity index (χ1v) is 8.84. The highest BCUT2D eigenvalue weighted by atomic mass is 16.2. The summed E-state index contributed by atoms with van der Waals surface area (Å²) in [5.41, 5.74) is 2.88. The average Bonchev–Trinajstić information content (AvgIpc) is 2.66. The summed E-state index contributed by atoms with van der Waals surface area (Å²) in [6.07, 6.45) is 4.22. The van der Waals surface area contributed by atoms with Crippen LogP contribution >= 0.6 is 0 Å². The summed E-state index contributed by atoms with van der Waals surface area (Å²) in [4.78, 5) is 25.3. The average molecular weight is 339 g/mol. The van der Waals surface area contributed by atoms with Crippen molar-refractivity contribution in [3.8, 4) is 0 Å². The molecule has 1 aliphatic heterocycles. The van der Waals surface area contributed by atoms with E-state index in [1.807, 2.05) is 4.90 Å². The van der Waals surface area contributed by atoms with E-state index >= 15 is 0 Å². The molecule has 132 valence electrons. The Kier molecular flexibility index (Phi) is 5.48. The second-order valence-electron chi connectivity index (χ2n) is 6.33. The van der Waals surface area contributed by atoms with Crippen LogP contribution in [-0.2, 0) is 0 Å². The lowest BCUT2D eigenvalue weighted by Crippen LogP contribution is -2.49. The molecule has 0 bridgehead atoms. The number of nitrogens with one attached hydrogen (secondary N) is 1. The smallest absolute Gasteiger partial charge is 0.274 e. The number of nitrogens with zero attached hydrogens (tertiary/aromatic N) is 4. The lowest BCUT2D eigenvalue weighted by molar-refractivity contribution is 0.0740. The molecule has 1 fully saturated rings. The van der Waals surface area contributed by atoms with Gasteiger partial charge in [0.05, 0.1) is 12.4 Å². The van der Waals surface area contributed by atoms with Crippen molar-refractivity contribution >= 4 is 17.4 Å². The van der Waals surface area contributed by atoms with Gasteiger partial charge in [-0.3, -0.25) is 4.79 Å². The van der Waals surface area contributed by atoms with Gasteiger partial charge in [0.25, 0.3) is 5.91 Å². The van der Waals surface area contributed by atoms with E-state index in [1.165, 1.54) is 11.3 Å². The van der Waals surface area contributed by atoms with Gasteiger partial charge in [0, 0.05) is 38.4 Å². The van der Waals surface area contributed by atoms with Crippen molar-refractivity contribution < 1.29 is 4.79 Å². The zero-order valence-corrected chi connectivity index (χ0v) is 14.9. The first-order valence-electron chi connectivity index (χ1n) is 8.84. The monoisotopic (exact) mass is 339 g/mol. The number of benzene rings is 1. The van der Waals surface area contributed by atoms with Gasteiger partial charge in [-0.15, -0.1) is 0 Å². The van der Waals surface area contributed by atoms with Gasteiger partial charge in [-0.1, -0.05) is 19.1 Å². The van der Waals surface area contributed by atoms with Crippen LogP contribution in [0, 0.1) is 6.92 Å². The number of aryl methyl sites for hydroxylation is 1. The van der Waals surface area contributed by atoms with Crippen LogP contribution < -0.4 is 10.2 Å². The molecule has 6 heteroatoms. The molecule has 1 aliphatic rings. The second-order valence-corrected chi connectivity index (χ2v) is 6.33. The van der Waals surface area contributed by atoms with E-state index in [-0.39, 0.29) is 5.91 Å². The molecule has 1 saturated heterocycles. The first-order chi connectivity index (χ1) is 12.2. The molecule has 2 aromatic rings. The van der Waals surface area contributed by atoms with Crippen molar-refractivity contribution in [2.45, 2.75) is 20.3 Å². The number of piperazine rings is 1. The normalized spacial score (nSPS) is 14.5. The molecule has 6 nitrogen and oxygen atoms in total. The highest BCUT2D eigenvalue weighted by Crippen LogP contribution is 2.18. The minimum Gasteiger partial charge on any atom is -0.369 e. The number of anilines is 2. The fourth-order valence-corrected chi connectivity index (χ4v) is 2.94. The van der Waals surface area contributed by atoms with Gasteiger partial charge in [0.15, 0.2) is 0 Å². The molecule has 1 amide bonds. The SMILES string of the molecule is CCCNc1cnc(C(=O)N2CCN(c3cccc(C)c3)CC2)cn1. The van der Waals surface area contributed by atoms with Gasteiger partial charge in [-0.25, -0.2) is 9.97 Å². The van der Waals surface area contributed by atoms with Crippen molar-refractivity contribution in [3.05, 3.63) is 47.9 Å². The fourth-order valence-electron chi connectivity index (χ4n) is 2.94. The van der Waals surface area contributed by atoms with Crippen molar-refractivity contribution in [3.63, 3.8) is 0 Å². The van der Waals surface area contributed by atoms with Crippen molar-refractivity contribution in [1.29, 1.82) is 0 Å². The van der Waals surface area contributed by atoms with Crippen LogP contribution in [0.3, 0.4) is 0 Å². The molecule has 3 rings (SSSR count). The van der Waals surface area contributed by atoms with E-state index in [4.69, 9.17) is 0 Å². The Bertz CT molecular complexity index is 708. The number of hydrogen-bond donors (Lipinski definition) is 1. The first kappa shape index (κ1) is 17.2. The zero-order valence-electron chi connectivity index (χ0n) is 14.9. The zero-order chi connectivity index (χ0) is 17.6. The van der Waals surface area contributed by atoms with Gasteiger partial charge in [-0.05, 0) is 31.0 Å². The van der Waals surface area contributed by atoms with Crippen LogP contribution in [0.15, 0.2) is 36.7 Å². The summed E-state index contributed by atoms with van der Waals surface area (Å²) in [5.74, 6) is 0.668. The largest absolute Gasteiger partial charge is 0.369 e. The molecule has 0 aliphatic carbocycles. The van der Waals surface area contributed by atoms with Crippen molar-refractivity contribution in [2.24, 2.45) is 0 Å². The summed E-state index contributed by atoms with van der Waals surface area (Å²) in [5, 5.41) is 3.16. The van der Waals surface area contributed by atoms with Crippen molar-refractivity contribution in [2.75, 3.05) is 42.9 Å². The Morgan fingerprint density at radius 1 is 1.16 bits per heavy atom.